The summed E-state index contributed by atoms with van der Waals surface area (Å²) in [7, 11) is 1.52. The predicted molar refractivity (Wildman–Crippen MR) is 30.3 cm³/mol. The van der Waals surface area contributed by atoms with Crippen LogP contribution in [0.3, 0.4) is 0 Å². The molecule has 8 heavy (non-hydrogen) atoms. The summed E-state index contributed by atoms with van der Waals surface area (Å²) >= 11 is 0. The maximum Gasteiger partial charge on any atom is 0.101 e. The van der Waals surface area contributed by atoms with Crippen LogP contribution >= 0.6 is 0 Å². The Bertz CT molecular complexity index is 90.7. The maximum absolute atomic E-state index is 4.61. The van der Waals surface area contributed by atoms with Gasteiger partial charge in [-0.15, -0.1) is 0 Å². The topological polar surface area (TPSA) is 18.5 Å². The van der Waals surface area contributed by atoms with E-state index in [9.17, 15) is 0 Å². The molecule has 0 aromatic carbocycles. The molecule has 0 N–H and O–H groups in total. The molecule has 0 amide bonds. The van der Waals surface area contributed by atoms with E-state index >= 15 is 0 Å². The normalized spacial score (nSPS) is 16.4. The molecule has 2 heteroatoms. The Hall–Kier alpha value is -0.340. The van der Waals surface area contributed by atoms with E-state index in [-0.39, 0.29) is 0 Å². The highest BCUT2D eigenvalue weighted by molar-refractivity contribution is 5.15. The number of rotatable bonds is 3. The standard InChI is InChI=1S/C6H10O2/c1-7-8-5-4-6-2-3-6/h4H,2-3,5H2,1H3. The van der Waals surface area contributed by atoms with Crippen LogP contribution in [0.1, 0.15) is 12.8 Å². The molecular formula is C6H10O2. The highest BCUT2D eigenvalue weighted by Crippen LogP contribution is 2.26. The van der Waals surface area contributed by atoms with Crippen LogP contribution in [0.4, 0.5) is 0 Å². The highest BCUT2D eigenvalue weighted by atomic mass is 17.2. The van der Waals surface area contributed by atoms with Gasteiger partial charge in [0.2, 0.25) is 0 Å². The minimum atomic E-state index is 0.603. The van der Waals surface area contributed by atoms with Crippen molar-refractivity contribution in [3.05, 3.63) is 11.6 Å². The Kier molecular flexibility index (Phi) is 2.06. The molecule has 0 heterocycles. The lowest BCUT2D eigenvalue weighted by atomic mass is 10.5. The van der Waals surface area contributed by atoms with E-state index in [2.05, 4.69) is 15.9 Å². The molecule has 2 nitrogen and oxygen atoms in total. The Labute approximate surface area is 49.0 Å². The van der Waals surface area contributed by atoms with Crippen molar-refractivity contribution in [2.45, 2.75) is 12.8 Å². The predicted octanol–water partition coefficient (Wildman–Crippen LogP) is 1.28. The molecule has 1 fully saturated rings. The zero-order valence-corrected chi connectivity index (χ0v) is 5.02. The quantitative estimate of drug-likeness (QED) is 0.238. The molecule has 0 bridgehead atoms. The van der Waals surface area contributed by atoms with Gasteiger partial charge in [-0.1, -0.05) is 11.6 Å². The number of hydrogen-bond donors (Lipinski definition) is 0. The maximum atomic E-state index is 4.61. The second kappa shape index (κ2) is 2.84. The second-order valence-electron chi connectivity index (χ2n) is 1.81. The smallest absolute Gasteiger partial charge is 0.101 e. The zero-order valence-electron chi connectivity index (χ0n) is 5.02. The Balaban J connectivity index is 1.95. The monoisotopic (exact) mass is 114 g/mol. The van der Waals surface area contributed by atoms with E-state index in [0.717, 1.165) is 0 Å². The van der Waals surface area contributed by atoms with Gasteiger partial charge in [0.05, 0.1) is 7.11 Å². The van der Waals surface area contributed by atoms with Crippen LogP contribution in [0.15, 0.2) is 11.6 Å². The van der Waals surface area contributed by atoms with Gasteiger partial charge in [0.15, 0.2) is 0 Å². The van der Waals surface area contributed by atoms with Gasteiger partial charge in [-0.2, -0.15) is 0 Å². The van der Waals surface area contributed by atoms with Crippen LogP contribution < -0.4 is 0 Å². The molecule has 1 rings (SSSR count). The van der Waals surface area contributed by atoms with E-state index in [1.807, 2.05) is 0 Å². The van der Waals surface area contributed by atoms with Crippen molar-refractivity contribution in [2.24, 2.45) is 0 Å². The molecule has 0 aliphatic heterocycles. The Morgan fingerprint density at radius 1 is 1.62 bits per heavy atom. The fourth-order valence-electron chi connectivity index (χ4n) is 0.496. The van der Waals surface area contributed by atoms with Gasteiger partial charge in [0, 0.05) is 0 Å². The van der Waals surface area contributed by atoms with Crippen LogP contribution in [0, 0.1) is 0 Å². The lowest BCUT2D eigenvalue weighted by molar-refractivity contribution is -0.263. The minimum absolute atomic E-state index is 0.603. The van der Waals surface area contributed by atoms with Crippen molar-refractivity contribution >= 4 is 0 Å². The largest absolute Gasteiger partial charge is 0.240 e. The molecule has 0 radical (unpaired) electrons. The van der Waals surface area contributed by atoms with Gasteiger partial charge in [0.25, 0.3) is 0 Å². The third kappa shape index (κ3) is 2.09. The fourth-order valence-corrected chi connectivity index (χ4v) is 0.496. The summed E-state index contributed by atoms with van der Waals surface area (Å²) in [6.07, 6.45) is 4.57. The molecule has 0 unspecified atom stereocenters. The second-order valence-corrected chi connectivity index (χ2v) is 1.81. The lowest BCUT2D eigenvalue weighted by Crippen LogP contribution is -1.86. The van der Waals surface area contributed by atoms with Gasteiger partial charge in [-0.3, -0.25) is 0 Å². The van der Waals surface area contributed by atoms with Crippen molar-refractivity contribution in [3.63, 3.8) is 0 Å². The molecule has 1 aliphatic rings. The molecule has 1 aliphatic carbocycles. The van der Waals surface area contributed by atoms with Gasteiger partial charge in [-0.05, 0) is 12.8 Å². The lowest BCUT2D eigenvalue weighted by Gasteiger charge is -1.89. The van der Waals surface area contributed by atoms with Gasteiger partial charge in [-0.25, -0.2) is 9.78 Å². The summed E-state index contributed by atoms with van der Waals surface area (Å²) in [4.78, 5) is 8.98. The van der Waals surface area contributed by atoms with E-state index in [1.54, 1.807) is 0 Å². The Morgan fingerprint density at radius 2 is 2.38 bits per heavy atom. The van der Waals surface area contributed by atoms with Crippen molar-refractivity contribution in [1.29, 1.82) is 0 Å². The van der Waals surface area contributed by atoms with Crippen LogP contribution in [0.5, 0.6) is 0 Å². The summed E-state index contributed by atoms with van der Waals surface area (Å²) in [5.74, 6) is 0. The van der Waals surface area contributed by atoms with Crippen LogP contribution in [0.25, 0.3) is 0 Å². The minimum Gasteiger partial charge on any atom is -0.240 e. The molecule has 0 aromatic rings. The van der Waals surface area contributed by atoms with E-state index in [1.165, 1.54) is 25.5 Å². The first-order chi connectivity index (χ1) is 3.93. The first kappa shape index (κ1) is 5.79. The fraction of sp³-hybridized carbons (Fsp3) is 0.667. The molecule has 0 saturated heterocycles. The summed E-state index contributed by atoms with van der Waals surface area (Å²) in [5.41, 5.74) is 1.49. The molecule has 1 saturated carbocycles. The third-order valence-corrected chi connectivity index (χ3v) is 1.10. The van der Waals surface area contributed by atoms with Gasteiger partial charge >= 0.3 is 0 Å². The Morgan fingerprint density at radius 3 is 2.88 bits per heavy atom. The average Bonchev–Trinajstić information content (AvgIpc) is 2.51. The summed E-state index contributed by atoms with van der Waals surface area (Å²) in [6.45, 7) is 0.603. The SMILES string of the molecule is COOCC=C1CC1. The third-order valence-electron chi connectivity index (χ3n) is 1.10. The zero-order chi connectivity index (χ0) is 5.82. The molecule has 0 aromatic heterocycles. The molecular weight excluding hydrogens is 104 g/mol. The van der Waals surface area contributed by atoms with Gasteiger partial charge < -0.3 is 0 Å². The summed E-state index contributed by atoms with van der Waals surface area (Å²) in [5, 5.41) is 0. The summed E-state index contributed by atoms with van der Waals surface area (Å²) < 4.78 is 0. The molecule has 0 atom stereocenters. The molecule has 0 spiro atoms. The number of hydrogen-bond acceptors (Lipinski definition) is 2. The average molecular weight is 114 g/mol. The van der Waals surface area contributed by atoms with Gasteiger partial charge in [0.1, 0.15) is 6.61 Å². The van der Waals surface area contributed by atoms with Crippen LogP contribution in [-0.2, 0) is 9.78 Å². The summed E-state index contributed by atoms with van der Waals surface area (Å²) in [6, 6.07) is 0. The van der Waals surface area contributed by atoms with E-state index < -0.39 is 0 Å². The van der Waals surface area contributed by atoms with Crippen LogP contribution in [-0.4, -0.2) is 13.7 Å². The van der Waals surface area contributed by atoms with E-state index in [0.29, 0.717) is 6.61 Å². The van der Waals surface area contributed by atoms with Crippen molar-refractivity contribution in [1.82, 2.24) is 0 Å². The highest BCUT2D eigenvalue weighted by Gasteiger charge is 2.08. The van der Waals surface area contributed by atoms with Crippen molar-refractivity contribution in [2.75, 3.05) is 13.7 Å². The van der Waals surface area contributed by atoms with E-state index in [4.69, 9.17) is 0 Å². The van der Waals surface area contributed by atoms with Crippen molar-refractivity contribution < 1.29 is 9.78 Å². The van der Waals surface area contributed by atoms with Crippen molar-refractivity contribution in [3.8, 4) is 0 Å². The number of allylic oxidation sites excluding steroid dienone is 1. The van der Waals surface area contributed by atoms with Crippen LogP contribution in [0.2, 0.25) is 0 Å². The first-order valence-corrected chi connectivity index (χ1v) is 2.77. The first-order valence-electron chi connectivity index (χ1n) is 2.77. The molecule has 46 valence electrons.